The number of ether oxygens (including phenoxy) is 2. The fourth-order valence-electron chi connectivity index (χ4n) is 3.80. The summed E-state index contributed by atoms with van der Waals surface area (Å²) in [7, 11) is -4.50. The van der Waals surface area contributed by atoms with Gasteiger partial charge in [-0.15, -0.1) is 0 Å². The zero-order chi connectivity index (χ0) is 29.0. The molecular weight excluding hydrogens is 535 g/mol. The number of amides is 2. The summed E-state index contributed by atoms with van der Waals surface area (Å²) in [4.78, 5) is 40.7. The van der Waals surface area contributed by atoms with Crippen molar-refractivity contribution < 1.29 is 37.5 Å². The molecule has 0 fully saturated rings. The molecule has 0 radical (unpaired) electrons. The molecule has 0 aromatic heterocycles. The van der Waals surface area contributed by atoms with E-state index in [1.165, 1.54) is 19.1 Å². The van der Waals surface area contributed by atoms with Crippen molar-refractivity contribution in [1.82, 2.24) is 10.4 Å². The molecule has 2 amide bonds. The van der Waals surface area contributed by atoms with Gasteiger partial charge in [-0.25, -0.2) is 15.0 Å². The van der Waals surface area contributed by atoms with E-state index in [0.717, 1.165) is 0 Å². The average Bonchev–Trinajstić information content (AvgIpc) is 2.98. The number of Topliss-reactive ketones (excluding diaryl/α,β-unsaturated/α-hetero) is 1. The monoisotopic (exact) mass is 568 g/mol. The number of nitrogens with zero attached hydrogens (tertiary/aromatic N) is 1. The van der Waals surface area contributed by atoms with Gasteiger partial charge in [-0.05, 0) is 31.9 Å². The SMILES string of the molecule is CCOP(=O)(OCC)C(C)(C(=O)c1ccccc1)N(NC(=O)OCc1ccccc1)C(=O)OCc1ccccc1. The Balaban J connectivity index is 2.04. The molecule has 1 atom stereocenters. The summed E-state index contributed by atoms with van der Waals surface area (Å²) in [5.74, 6) is -0.807. The van der Waals surface area contributed by atoms with Gasteiger partial charge in [0.25, 0.3) is 0 Å². The Morgan fingerprint density at radius 1 is 0.750 bits per heavy atom. The highest BCUT2D eigenvalue weighted by Crippen LogP contribution is 2.62. The van der Waals surface area contributed by atoms with Gasteiger partial charge < -0.3 is 18.5 Å². The molecule has 3 aromatic carbocycles. The number of ketones is 1. The first-order valence-electron chi connectivity index (χ1n) is 12.7. The standard InChI is InChI=1S/C29H33N2O8P/c1-4-38-40(35,39-5-2)29(3,26(32)25-19-13-8-14-20-25)31(28(34)37-22-24-17-11-7-12-18-24)30-27(33)36-21-23-15-9-6-10-16-23/h6-20H,4-5,21-22H2,1-3H3,(H,30,33). The molecule has 0 spiro atoms. The quantitative estimate of drug-likeness (QED) is 0.153. The zero-order valence-corrected chi connectivity index (χ0v) is 23.5. The van der Waals surface area contributed by atoms with Crippen molar-refractivity contribution in [3.8, 4) is 0 Å². The van der Waals surface area contributed by atoms with E-state index in [1.54, 1.807) is 86.6 Å². The van der Waals surface area contributed by atoms with Crippen LogP contribution in [-0.2, 0) is 36.3 Å². The lowest BCUT2D eigenvalue weighted by Crippen LogP contribution is -2.62. The Hall–Kier alpha value is -3.98. The van der Waals surface area contributed by atoms with Gasteiger partial charge in [0.05, 0.1) is 13.2 Å². The third-order valence-corrected chi connectivity index (χ3v) is 8.50. The lowest BCUT2D eigenvalue weighted by atomic mass is 10.0. The van der Waals surface area contributed by atoms with Crippen LogP contribution in [0.4, 0.5) is 9.59 Å². The summed E-state index contributed by atoms with van der Waals surface area (Å²) in [6, 6.07) is 25.6. The minimum Gasteiger partial charge on any atom is -0.443 e. The van der Waals surface area contributed by atoms with Crippen molar-refractivity contribution >= 4 is 25.6 Å². The van der Waals surface area contributed by atoms with Crippen LogP contribution >= 0.6 is 7.60 Å². The number of nitrogens with one attached hydrogen (secondary N) is 1. The van der Waals surface area contributed by atoms with Crippen LogP contribution in [0, 0.1) is 0 Å². The Bertz CT molecular complexity index is 1300. The van der Waals surface area contributed by atoms with Crippen LogP contribution in [-0.4, -0.2) is 41.5 Å². The number of hydrogen-bond donors (Lipinski definition) is 1. The van der Waals surface area contributed by atoms with Gasteiger partial charge in [0.1, 0.15) is 13.2 Å². The predicted molar refractivity (Wildman–Crippen MR) is 148 cm³/mol. The van der Waals surface area contributed by atoms with Crippen molar-refractivity contribution in [2.75, 3.05) is 13.2 Å². The largest absolute Gasteiger partial charge is 0.443 e. The number of benzene rings is 3. The second-order valence-electron chi connectivity index (χ2n) is 8.60. The van der Waals surface area contributed by atoms with E-state index in [2.05, 4.69) is 5.43 Å². The summed E-state index contributed by atoms with van der Waals surface area (Å²) in [5, 5.41) is -1.84. The lowest BCUT2D eigenvalue weighted by molar-refractivity contribution is 0.0267. The molecule has 3 rings (SSSR count). The average molecular weight is 569 g/mol. The molecule has 212 valence electrons. The van der Waals surface area contributed by atoms with Crippen LogP contribution in [0.5, 0.6) is 0 Å². The second-order valence-corrected chi connectivity index (χ2v) is 11.0. The molecular formula is C29H33N2O8P. The molecule has 0 saturated carbocycles. The maximum absolute atomic E-state index is 14.3. The van der Waals surface area contributed by atoms with Crippen molar-refractivity contribution in [3.63, 3.8) is 0 Å². The Morgan fingerprint density at radius 2 is 1.20 bits per heavy atom. The molecule has 0 heterocycles. The van der Waals surface area contributed by atoms with Crippen molar-refractivity contribution in [2.45, 2.75) is 39.3 Å². The molecule has 0 bridgehead atoms. The number of carbonyl (C=O) groups is 3. The molecule has 0 aliphatic rings. The predicted octanol–water partition coefficient (Wildman–Crippen LogP) is 6.33. The van der Waals surface area contributed by atoms with E-state index >= 15 is 0 Å². The molecule has 1 N–H and O–H groups in total. The smallest absolute Gasteiger partial charge is 0.430 e. The third-order valence-electron chi connectivity index (χ3n) is 5.84. The van der Waals surface area contributed by atoms with Crippen LogP contribution < -0.4 is 5.43 Å². The lowest BCUT2D eigenvalue weighted by Gasteiger charge is -2.41. The van der Waals surface area contributed by atoms with Crippen LogP contribution in [0.1, 0.15) is 42.3 Å². The molecule has 11 heteroatoms. The third kappa shape index (κ3) is 7.35. The molecule has 1 unspecified atom stereocenters. The summed E-state index contributed by atoms with van der Waals surface area (Å²) in [6.45, 7) is 3.80. The van der Waals surface area contributed by atoms with Crippen molar-refractivity contribution in [3.05, 3.63) is 108 Å². The molecule has 10 nitrogen and oxygen atoms in total. The summed E-state index contributed by atoms with van der Waals surface area (Å²) in [6.07, 6.45) is -2.26. The Labute approximate surface area is 233 Å². The van der Waals surface area contributed by atoms with Crippen molar-refractivity contribution in [2.24, 2.45) is 0 Å². The fourth-order valence-corrected chi connectivity index (χ4v) is 5.81. The Morgan fingerprint density at radius 3 is 1.68 bits per heavy atom. The summed E-state index contributed by atoms with van der Waals surface area (Å²) >= 11 is 0. The topological polar surface area (TPSA) is 120 Å². The van der Waals surface area contributed by atoms with Gasteiger partial charge in [0, 0.05) is 5.56 Å². The zero-order valence-electron chi connectivity index (χ0n) is 22.6. The van der Waals surface area contributed by atoms with Gasteiger partial charge in [-0.1, -0.05) is 91.0 Å². The Kier molecular flexibility index (Phi) is 11.0. The van der Waals surface area contributed by atoms with Crippen LogP contribution in [0.25, 0.3) is 0 Å². The van der Waals surface area contributed by atoms with Gasteiger partial charge in [-0.2, -0.15) is 5.01 Å². The number of rotatable bonds is 12. The first kappa shape index (κ1) is 30.6. The number of hydrogen-bond acceptors (Lipinski definition) is 8. The van der Waals surface area contributed by atoms with Gasteiger partial charge in [0.2, 0.25) is 11.1 Å². The molecule has 0 aliphatic heterocycles. The van der Waals surface area contributed by atoms with Crippen molar-refractivity contribution in [1.29, 1.82) is 0 Å². The summed E-state index contributed by atoms with van der Waals surface area (Å²) in [5.41, 5.74) is 3.72. The van der Waals surface area contributed by atoms with E-state index in [9.17, 15) is 18.9 Å². The first-order valence-corrected chi connectivity index (χ1v) is 14.3. The molecule has 3 aromatic rings. The highest BCUT2D eigenvalue weighted by Gasteiger charge is 2.60. The minimum atomic E-state index is -4.50. The maximum Gasteiger partial charge on any atom is 0.430 e. The van der Waals surface area contributed by atoms with Gasteiger partial charge in [0.15, 0.2) is 0 Å². The van der Waals surface area contributed by atoms with E-state index in [1.807, 2.05) is 6.07 Å². The summed E-state index contributed by atoms with van der Waals surface area (Å²) < 4.78 is 36.2. The van der Waals surface area contributed by atoms with Crippen LogP contribution in [0.15, 0.2) is 91.0 Å². The van der Waals surface area contributed by atoms with Crippen LogP contribution in [0.2, 0.25) is 0 Å². The number of carbonyl (C=O) groups excluding carboxylic acids is 3. The molecule has 40 heavy (non-hydrogen) atoms. The van der Waals surface area contributed by atoms with Gasteiger partial charge >= 0.3 is 19.8 Å². The number of hydrazine groups is 1. The first-order chi connectivity index (χ1) is 19.2. The van der Waals surface area contributed by atoms with E-state index < -0.39 is 30.8 Å². The highest BCUT2D eigenvalue weighted by molar-refractivity contribution is 7.56. The minimum absolute atomic E-state index is 0.102. The van der Waals surface area contributed by atoms with E-state index in [4.69, 9.17) is 18.5 Å². The van der Waals surface area contributed by atoms with E-state index in [-0.39, 0.29) is 32.0 Å². The maximum atomic E-state index is 14.3. The fraction of sp³-hybridized carbons (Fsp3) is 0.276. The highest BCUT2D eigenvalue weighted by atomic mass is 31.2. The normalized spacial score (nSPS) is 12.6. The van der Waals surface area contributed by atoms with Crippen LogP contribution in [0.3, 0.4) is 0 Å². The van der Waals surface area contributed by atoms with E-state index in [0.29, 0.717) is 16.1 Å². The molecule has 0 saturated heterocycles. The second kappa shape index (κ2) is 14.4. The molecule has 0 aliphatic carbocycles. The van der Waals surface area contributed by atoms with Gasteiger partial charge in [-0.3, -0.25) is 9.36 Å².